The highest BCUT2D eigenvalue weighted by Gasteiger charge is 2.17. The van der Waals surface area contributed by atoms with Crippen LogP contribution in [-0.2, 0) is 4.74 Å². The van der Waals surface area contributed by atoms with Crippen LogP contribution in [0.25, 0.3) is 0 Å². The third-order valence-electron chi connectivity index (χ3n) is 0.800. The molecule has 0 saturated carbocycles. The molecule has 3 N–H and O–H groups in total. The molecular formula is C6H14O4. The standard InChI is InChI=1S/C6H14O4/c1-6(2,9)10-5(8)3-4-7/h5,7-9H,3-4H2,1-2H3. The van der Waals surface area contributed by atoms with Gasteiger partial charge < -0.3 is 20.1 Å². The summed E-state index contributed by atoms with van der Waals surface area (Å²) >= 11 is 0. The van der Waals surface area contributed by atoms with Gasteiger partial charge in [0, 0.05) is 13.0 Å². The molecule has 0 saturated heterocycles. The summed E-state index contributed by atoms with van der Waals surface area (Å²) < 4.78 is 4.63. The SMILES string of the molecule is CC(C)(O)OC(O)CCO. The van der Waals surface area contributed by atoms with Gasteiger partial charge in [-0.2, -0.15) is 0 Å². The molecule has 0 aromatic heterocycles. The molecule has 4 heteroatoms. The second kappa shape index (κ2) is 3.88. The zero-order valence-corrected chi connectivity index (χ0v) is 6.24. The lowest BCUT2D eigenvalue weighted by Gasteiger charge is -2.21. The zero-order valence-electron chi connectivity index (χ0n) is 6.24. The van der Waals surface area contributed by atoms with Gasteiger partial charge in [-0.1, -0.05) is 0 Å². The summed E-state index contributed by atoms with van der Waals surface area (Å²) in [6.45, 7) is 2.67. The van der Waals surface area contributed by atoms with Gasteiger partial charge in [-0.05, 0) is 13.8 Å². The number of ether oxygens (including phenoxy) is 1. The number of hydrogen-bond donors (Lipinski definition) is 3. The summed E-state index contributed by atoms with van der Waals surface area (Å²) in [7, 11) is 0. The van der Waals surface area contributed by atoms with E-state index in [0.717, 1.165) is 0 Å². The molecule has 0 spiro atoms. The highest BCUT2D eigenvalue weighted by atomic mass is 16.7. The highest BCUT2D eigenvalue weighted by molar-refractivity contribution is 4.50. The number of hydrogen-bond acceptors (Lipinski definition) is 4. The molecule has 0 heterocycles. The highest BCUT2D eigenvalue weighted by Crippen LogP contribution is 2.07. The van der Waals surface area contributed by atoms with Crippen LogP contribution in [0.4, 0.5) is 0 Å². The molecule has 0 amide bonds. The lowest BCUT2D eigenvalue weighted by atomic mass is 10.3. The maximum atomic E-state index is 8.95. The van der Waals surface area contributed by atoms with Crippen molar-refractivity contribution in [2.24, 2.45) is 0 Å². The Balaban J connectivity index is 3.47. The van der Waals surface area contributed by atoms with Crippen LogP contribution in [0, 0.1) is 0 Å². The minimum absolute atomic E-state index is 0.115. The molecule has 0 bridgehead atoms. The fraction of sp³-hybridized carbons (Fsp3) is 1.00. The summed E-state index contributed by atoms with van der Waals surface area (Å²) in [5, 5.41) is 26.1. The van der Waals surface area contributed by atoms with E-state index in [9.17, 15) is 0 Å². The van der Waals surface area contributed by atoms with Gasteiger partial charge in [0.1, 0.15) is 0 Å². The first-order valence-electron chi connectivity index (χ1n) is 3.15. The van der Waals surface area contributed by atoms with E-state index >= 15 is 0 Å². The quantitative estimate of drug-likeness (QED) is 0.469. The van der Waals surface area contributed by atoms with Crippen LogP contribution < -0.4 is 0 Å². The summed E-state index contributed by atoms with van der Waals surface area (Å²) in [6.07, 6.45) is -0.978. The van der Waals surface area contributed by atoms with Crippen molar-refractivity contribution >= 4 is 0 Å². The molecule has 10 heavy (non-hydrogen) atoms. The van der Waals surface area contributed by atoms with Crippen LogP contribution in [0.1, 0.15) is 20.3 Å². The minimum atomic E-state index is -1.34. The van der Waals surface area contributed by atoms with Gasteiger partial charge >= 0.3 is 0 Å². The number of rotatable bonds is 4. The van der Waals surface area contributed by atoms with E-state index in [1.165, 1.54) is 13.8 Å². The molecule has 1 atom stereocenters. The monoisotopic (exact) mass is 150 g/mol. The van der Waals surface area contributed by atoms with E-state index in [2.05, 4.69) is 4.74 Å². The number of aliphatic hydroxyl groups excluding tert-OH is 2. The Morgan fingerprint density at radius 2 is 2.00 bits per heavy atom. The largest absolute Gasteiger partial charge is 0.396 e. The van der Waals surface area contributed by atoms with Crippen LogP contribution >= 0.6 is 0 Å². The van der Waals surface area contributed by atoms with Crippen molar-refractivity contribution in [1.82, 2.24) is 0 Å². The number of aliphatic hydroxyl groups is 3. The lowest BCUT2D eigenvalue weighted by Crippen LogP contribution is -2.30. The average Bonchev–Trinajstić information content (AvgIpc) is 1.59. The van der Waals surface area contributed by atoms with E-state index < -0.39 is 12.1 Å². The first kappa shape index (κ1) is 9.84. The average molecular weight is 150 g/mol. The molecule has 0 rings (SSSR count). The van der Waals surface area contributed by atoms with Crippen LogP contribution in [0.5, 0.6) is 0 Å². The van der Waals surface area contributed by atoms with Crippen LogP contribution in [-0.4, -0.2) is 34.0 Å². The van der Waals surface area contributed by atoms with Crippen molar-refractivity contribution in [2.45, 2.75) is 32.3 Å². The fourth-order valence-corrected chi connectivity index (χ4v) is 0.502. The van der Waals surface area contributed by atoms with Crippen molar-refractivity contribution in [2.75, 3.05) is 6.61 Å². The maximum Gasteiger partial charge on any atom is 0.162 e. The van der Waals surface area contributed by atoms with Crippen LogP contribution in [0.2, 0.25) is 0 Å². The topological polar surface area (TPSA) is 69.9 Å². The first-order chi connectivity index (χ1) is 4.45. The van der Waals surface area contributed by atoms with Crippen molar-refractivity contribution < 1.29 is 20.1 Å². The van der Waals surface area contributed by atoms with E-state index in [0.29, 0.717) is 0 Å². The van der Waals surface area contributed by atoms with Gasteiger partial charge in [0.2, 0.25) is 0 Å². The Bertz CT molecular complexity index is 86.2. The van der Waals surface area contributed by atoms with Crippen molar-refractivity contribution in [3.05, 3.63) is 0 Å². The summed E-state index contributed by atoms with van der Waals surface area (Å²) in [5.41, 5.74) is 0. The van der Waals surface area contributed by atoms with Crippen molar-refractivity contribution in [3.8, 4) is 0 Å². The molecular weight excluding hydrogens is 136 g/mol. The third-order valence-corrected chi connectivity index (χ3v) is 0.800. The first-order valence-corrected chi connectivity index (χ1v) is 3.15. The molecule has 0 aromatic carbocycles. The van der Waals surface area contributed by atoms with Crippen LogP contribution in [0.3, 0.4) is 0 Å². The molecule has 0 aliphatic carbocycles. The fourth-order valence-electron chi connectivity index (χ4n) is 0.502. The Morgan fingerprint density at radius 3 is 2.30 bits per heavy atom. The normalized spacial score (nSPS) is 15.3. The molecule has 0 aliphatic rings. The molecule has 0 aliphatic heterocycles. The molecule has 0 aromatic rings. The van der Waals surface area contributed by atoms with E-state index in [-0.39, 0.29) is 13.0 Å². The summed E-state index contributed by atoms with van der Waals surface area (Å²) in [6, 6.07) is 0. The minimum Gasteiger partial charge on any atom is -0.396 e. The predicted molar refractivity (Wildman–Crippen MR) is 35.1 cm³/mol. The molecule has 0 radical (unpaired) electrons. The summed E-state index contributed by atoms with van der Waals surface area (Å²) in [4.78, 5) is 0. The lowest BCUT2D eigenvalue weighted by molar-refractivity contribution is -0.262. The molecule has 0 fully saturated rings. The maximum absolute atomic E-state index is 8.95. The third kappa shape index (κ3) is 5.97. The van der Waals surface area contributed by atoms with Crippen molar-refractivity contribution in [3.63, 3.8) is 0 Å². The second-order valence-electron chi connectivity index (χ2n) is 2.53. The smallest absolute Gasteiger partial charge is 0.162 e. The Morgan fingerprint density at radius 1 is 1.50 bits per heavy atom. The van der Waals surface area contributed by atoms with Gasteiger partial charge in [0.15, 0.2) is 12.1 Å². The second-order valence-corrected chi connectivity index (χ2v) is 2.53. The van der Waals surface area contributed by atoms with Crippen LogP contribution in [0.15, 0.2) is 0 Å². The van der Waals surface area contributed by atoms with Gasteiger partial charge in [-0.25, -0.2) is 0 Å². The Hall–Kier alpha value is -0.160. The van der Waals surface area contributed by atoms with E-state index in [1.54, 1.807) is 0 Å². The Kier molecular flexibility index (Phi) is 3.81. The predicted octanol–water partition coefficient (Wildman–Crippen LogP) is -0.568. The van der Waals surface area contributed by atoms with Gasteiger partial charge in [-0.3, -0.25) is 0 Å². The van der Waals surface area contributed by atoms with Crippen molar-refractivity contribution in [1.29, 1.82) is 0 Å². The van der Waals surface area contributed by atoms with Gasteiger partial charge in [0.05, 0.1) is 0 Å². The Labute approximate surface area is 60.1 Å². The van der Waals surface area contributed by atoms with E-state index in [1.807, 2.05) is 0 Å². The molecule has 62 valence electrons. The van der Waals surface area contributed by atoms with E-state index in [4.69, 9.17) is 15.3 Å². The molecule has 1 unspecified atom stereocenters. The zero-order chi connectivity index (χ0) is 8.20. The summed E-state index contributed by atoms with van der Waals surface area (Å²) in [5.74, 6) is -1.34. The molecule has 4 nitrogen and oxygen atoms in total. The van der Waals surface area contributed by atoms with Gasteiger partial charge in [0.25, 0.3) is 0 Å². The van der Waals surface area contributed by atoms with Gasteiger partial charge in [-0.15, -0.1) is 0 Å².